The second-order valence-corrected chi connectivity index (χ2v) is 11.4. The zero-order valence-electron chi connectivity index (χ0n) is 25.2. The summed E-state index contributed by atoms with van der Waals surface area (Å²) in [5.41, 5.74) is 1.94. The van der Waals surface area contributed by atoms with E-state index in [1.807, 2.05) is 31.1 Å². The molecule has 1 fully saturated rings. The van der Waals surface area contributed by atoms with Crippen LogP contribution in [0, 0.1) is 0 Å². The number of hydrogen-bond donors (Lipinski definition) is 3. The Balaban J connectivity index is 0.000000537. The van der Waals surface area contributed by atoms with Gasteiger partial charge in [0.15, 0.2) is 5.60 Å². The van der Waals surface area contributed by atoms with E-state index in [9.17, 15) is 32.7 Å². The summed E-state index contributed by atoms with van der Waals surface area (Å²) in [6.45, 7) is 4.96. The minimum absolute atomic E-state index is 0.0864. The first-order valence-electron chi connectivity index (χ1n) is 14.4. The van der Waals surface area contributed by atoms with Gasteiger partial charge in [-0.1, -0.05) is 6.92 Å². The molecule has 1 amide bonds. The van der Waals surface area contributed by atoms with Gasteiger partial charge in [-0.05, 0) is 44.8 Å². The summed E-state index contributed by atoms with van der Waals surface area (Å²) in [4.78, 5) is 56.3. The number of nitrogens with zero attached hydrogens (tertiary/aromatic N) is 4. The molecule has 0 aliphatic carbocycles. The number of carboxylic acid groups (broad SMARTS) is 1. The number of rotatable bonds is 4. The molecule has 246 valence electrons. The molecule has 6 rings (SSSR count). The molecule has 3 aromatic rings. The van der Waals surface area contributed by atoms with Crippen molar-refractivity contribution in [2.45, 2.75) is 44.8 Å². The fourth-order valence-corrected chi connectivity index (χ4v) is 5.67. The third-order valence-electron chi connectivity index (χ3n) is 8.05. The number of benzene rings is 1. The maximum atomic E-state index is 13.5. The number of aliphatic carboxylic acids is 1. The molecule has 1 aromatic carbocycles. The highest BCUT2D eigenvalue weighted by Crippen LogP contribution is 2.40. The molecule has 0 unspecified atom stereocenters. The first kappa shape index (κ1) is 32.8. The third kappa shape index (κ3) is 6.02. The Hall–Kier alpha value is -4.54. The largest absolute Gasteiger partial charge is 0.490 e. The van der Waals surface area contributed by atoms with Crippen molar-refractivity contribution in [3.63, 3.8) is 0 Å². The van der Waals surface area contributed by atoms with Gasteiger partial charge in [0.25, 0.3) is 5.56 Å². The number of carboxylic acids is 1. The minimum Gasteiger partial charge on any atom is -0.475 e. The van der Waals surface area contributed by atoms with Gasteiger partial charge in [-0.2, -0.15) is 13.2 Å². The van der Waals surface area contributed by atoms with Crippen molar-refractivity contribution >= 4 is 28.9 Å². The smallest absolute Gasteiger partial charge is 0.475 e. The fourth-order valence-electron chi connectivity index (χ4n) is 5.67. The normalized spacial score (nSPS) is 18.7. The maximum absolute atomic E-state index is 13.5. The van der Waals surface area contributed by atoms with Crippen LogP contribution < -0.4 is 15.6 Å². The van der Waals surface area contributed by atoms with E-state index >= 15 is 0 Å². The molecule has 1 atom stereocenters. The topological polar surface area (TPSA) is 164 Å². The third-order valence-corrected chi connectivity index (χ3v) is 8.05. The highest BCUT2D eigenvalue weighted by atomic mass is 19.4. The van der Waals surface area contributed by atoms with Crippen molar-refractivity contribution in [3.05, 3.63) is 56.9 Å². The lowest BCUT2D eigenvalue weighted by Gasteiger charge is -2.31. The number of alkyl halides is 3. The Morgan fingerprint density at radius 1 is 1.17 bits per heavy atom. The summed E-state index contributed by atoms with van der Waals surface area (Å²) in [6, 6.07) is 7.28. The quantitative estimate of drug-likeness (QED) is 0.278. The van der Waals surface area contributed by atoms with Crippen LogP contribution in [0.4, 0.5) is 18.0 Å². The van der Waals surface area contributed by atoms with E-state index < -0.39 is 23.7 Å². The van der Waals surface area contributed by atoms with Crippen LogP contribution in [-0.2, 0) is 39.6 Å². The van der Waals surface area contributed by atoms with Crippen molar-refractivity contribution in [1.82, 2.24) is 24.7 Å². The summed E-state index contributed by atoms with van der Waals surface area (Å²) in [5.74, 6) is -3.02. The van der Waals surface area contributed by atoms with E-state index in [0.29, 0.717) is 48.8 Å². The van der Waals surface area contributed by atoms with E-state index in [2.05, 4.69) is 5.32 Å². The predicted molar refractivity (Wildman–Crippen MR) is 156 cm³/mol. The van der Waals surface area contributed by atoms with E-state index in [1.165, 1.54) is 0 Å². The molecular weight excluding hydrogens is 615 g/mol. The summed E-state index contributed by atoms with van der Waals surface area (Å²) in [7, 11) is 3.89. The zero-order valence-corrected chi connectivity index (χ0v) is 25.2. The number of carbonyl (C=O) groups is 3. The van der Waals surface area contributed by atoms with Crippen molar-refractivity contribution in [1.29, 1.82) is 0 Å². The van der Waals surface area contributed by atoms with Gasteiger partial charge in [-0.25, -0.2) is 19.4 Å². The van der Waals surface area contributed by atoms with Gasteiger partial charge >= 0.3 is 24.2 Å². The lowest BCUT2D eigenvalue weighted by atomic mass is 9.86. The number of carbonyl (C=O) groups excluding carboxylic acids is 2. The number of pyridine rings is 2. The van der Waals surface area contributed by atoms with Crippen molar-refractivity contribution in [3.8, 4) is 17.1 Å². The van der Waals surface area contributed by atoms with Crippen LogP contribution in [0.3, 0.4) is 0 Å². The number of halogens is 3. The first-order chi connectivity index (χ1) is 21.6. The van der Waals surface area contributed by atoms with E-state index in [1.54, 1.807) is 28.5 Å². The van der Waals surface area contributed by atoms with E-state index in [4.69, 9.17) is 24.4 Å². The number of fused-ring (bicyclic) bond motifs is 5. The minimum atomic E-state index is -5.08. The summed E-state index contributed by atoms with van der Waals surface area (Å²) >= 11 is 0. The molecule has 3 N–H and O–H groups in total. The van der Waals surface area contributed by atoms with Gasteiger partial charge in [-0.3, -0.25) is 4.79 Å². The van der Waals surface area contributed by atoms with Crippen molar-refractivity contribution in [2.24, 2.45) is 0 Å². The Labute approximate surface area is 260 Å². The van der Waals surface area contributed by atoms with Crippen molar-refractivity contribution < 1.29 is 47.2 Å². The van der Waals surface area contributed by atoms with Gasteiger partial charge in [-0.15, -0.1) is 0 Å². The molecule has 1 saturated heterocycles. The lowest BCUT2D eigenvalue weighted by molar-refractivity contribution is -0.192. The Bertz CT molecular complexity index is 1790. The molecule has 5 heterocycles. The van der Waals surface area contributed by atoms with Crippen molar-refractivity contribution in [2.75, 3.05) is 40.3 Å². The highest BCUT2D eigenvalue weighted by molar-refractivity contribution is 5.90. The Morgan fingerprint density at radius 2 is 1.85 bits per heavy atom. The Kier molecular flexibility index (Phi) is 8.81. The van der Waals surface area contributed by atoms with Crippen LogP contribution in [0.15, 0.2) is 29.1 Å². The van der Waals surface area contributed by atoms with Crippen LogP contribution in [-0.4, -0.2) is 94.0 Å². The number of ether oxygens (including phenoxy) is 2. The average Bonchev–Trinajstić information content (AvgIpc) is 3.37. The summed E-state index contributed by atoms with van der Waals surface area (Å²) in [5, 5.41) is 22.3. The summed E-state index contributed by atoms with van der Waals surface area (Å²) in [6.07, 6.45) is -5.38. The SMILES string of the molecule is CC[C@@]1(O)C(=O)OCc2c1cc1n(c2=O)Cc2cc3c(CN(C)C)c(OC(=O)N4CCNCC4)ccc3nc2-1.O=C(O)C(F)(F)F. The molecule has 0 saturated carbocycles. The monoisotopic (exact) mass is 647 g/mol. The predicted octanol–water partition coefficient (Wildman–Crippen LogP) is 2.18. The number of hydrogen-bond acceptors (Lipinski definition) is 10. The molecule has 0 bridgehead atoms. The second-order valence-electron chi connectivity index (χ2n) is 11.4. The number of nitrogens with one attached hydrogen (secondary N) is 1. The molecule has 16 heteroatoms. The number of esters is 1. The number of cyclic esters (lactones) is 1. The molecule has 3 aliphatic rings. The van der Waals surface area contributed by atoms with Crippen LogP contribution in [0.5, 0.6) is 5.75 Å². The highest BCUT2D eigenvalue weighted by Gasteiger charge is 2.45. The maximum Gasteiger partial charge on any atom is 0.490 e. The van der Waals surface area contributed by atoms with Gasteiger partial charge in [0.2, 0.25) is 0 Å². The number of aromatic nitrogens is 2. The number of aliphatic hydroxyl groups is 1. The second kappa shape index (κ2) is 12.3. The van der Waals surface area contributed by atoms with Crippen LogP contribution >= 0.6 is 0 Å². The van der Waals surface area contributed by atoms with Crippen LogP contribution in [0.25, 0.3) is 22.3 Å². The molecule has 0 radical (unpaired) electrons. The van der Waals surface area contributed by atoms with Gasteiger partial charge in [0.1, 0.15) is 12.4 Å². The molecule has 2 aromatic heterocycles. The number of piperazine rings is 1. The first-order valence-corrected chi connectivity index (χ1v) is 14.4. The van der Waals surface area contributed by atoms with E-state index in [-0.39, 0.29) is 35.8 Å². The molecular formula is C30H32F3N5O8. The van der Waals surface area contributed by atoms with Gasteiger partial charge in [0, 0.05) is 54.8 Å². The van der Waals surface area contributed by atoms with E-state index in [0.717, 1.165) is 29.6 Å². The zero-order chi connectivity index (χ0) is 33.6. The van der Waals surface area contributed by atoms with Crippen LogP contribution in [0.1, 0.15) is 35.6 Å². The van der Waals surface area contributed by atoms with Gasteiger partial charge in [0.05, 0.1) is 29.0 Å². The fraction of sp³-hybridized carbons (Fsp3) is 0.433. The molecule has 3 aliphatic heterocycles. The lowest BCUT2D eigenvalue weighted by Crippen LogP contribution is -2.47. The molecule has 0 spiro atoms. The number of amides is 1. The Morgan fingerprint density at radius 3 is 2.46 bits per heavy atom. The van der Waals surface area contributed by atoms with Crippen LogP contribution in [0.2, 0.25) is 0 Å². The average molecular weight is 648 g/mol. The molecule has 46 heavy (non-hydrogen) atoms. The van der Waals surface area contributed by atoms with Gasteiger partial charge < -0.3 is 39.4 Å². The standard InChI is InChI=1S/C28H31N5O6.C2HF3O2/c1-4-28(37)20-12-22-24-16(13-33(22)25(34)19(20)15-38-26(28)35)11-17-18(14-31(2)3)23(6-5-21(17)30-24)39-27(36)32-9-7-29-8-10-32;3-2(4,5)1(6)7/h5-6,11-12,29,37H,4,7-10,13-15H2,1-3H3;(H,6,7)/t28-;/m0./s1. The molecule has 13 nitrogen and oxygen atoms in total. The summed E-state index contributed by atoms with van der Waals surface area (Å²) < 4.78 is 44.4.